The Morgan fingerprint density at radius 2 is 2.25 bits per heavy atom. The lowest BCUT2D eigenvalue weighted by Crippen LogP contribution is -2.49. The molecule has 1 saturated carbocycles. The maximum absolute atomic E-state index is 10.7. The summed E-state index contributed by atoms with van der Waals surface area (Å²) in [5, 5.41) is 8.85. The van der Waals surface area contributed by atoms with Gasteiger partial charge in [-0.3, -0.25) is 9.69 Å². The summed E-state index contributed by atoms with van der Waals surface area (Å²) in [7, 11) is 1.79. The molecule has 0 bridgehead atoms. The van der Waals surface area contributed by atoms with E-state index in [-0.39, 0.29) is 12.0 Å². The molecular formula is C12H21NO3. The van der Waals surface area contributed by atoms with E-state index in [0.29, 0.717) is 6.10 Å². The van der Waals surface area contributed by atoms with Gasteiger partial charge in [0.15, 0.2) is 0 Å². The molecule has 1 spiro atoms. The van der Waals surface area contributed by atoms with E-state index in [1.807, 2.05) is 0 Å². The van der Waals surface area contributed by atoms with E-state index in [1.165, 1.54) is 19.3 Å². The van der Waals surface area contributed by atoms with E-state index in [4.69, 9.17) is 9.84 Å². The molecule has 1 aliphatic heterocycles. The highest BCUT2D eigenvalue weighted by Crippen LogP contribution is 2.46. The SMILES string of the molecule is CO[C@@H]1CCC[C@@]12CCCN(CC(=O)O)C2. The lowest BCUT2D eigenvalue weighted by molar-refractivity contribution is -0.139. The molecule has 2 rings (SSSR count). The van der Waals surface area contributed by atoms with Crippen LogP contribution < -0.4 is 0 Å². The van der Waals surface area contributed by atoms with Gasteiger partial charge >= 0.3 is 5.97 Å². The number of carboxylic acid groups (broad SMARTS) is 1. The molecule has 1 aliphatic carbocycles. The number of piperidine rings is 1. The Hall–Kier alpha value is -0.610. The quantitative estimate of drug-likeness (QED) is 0.790. The van der Waals surface area contributed by atoms with Crippen LogP contribution in [-0.4, -0.2) is 48.8 Å². The standard InChI is InChI=1S/C12H21NO3/c1-16-10-4-2-5-12(10)6-3-7-13(9-12)8-11(14)15/h10H,2-9H2,1H3,(H,14,15)/t10-,12+/m1/s1. The summed E-state index contributed by atoms with van der Waals surface area (Å²) in [5.41, 5.74) is 0.239. The minimum absolute atomic E-state index is 0.179. The largest absolute Gasteiger partial charge is 0.480 e. The Bertz CT molecular complexity index is 269. The van der Waals surface area contributed by atoms with Gasteiger partial charge in [-0.15, -0.1) is 0 Å². The summed E-state index contributed by atoms with van der Waals surface area (Å²) >= 11 is 0. The maximum atomic E-state index is 10.7. The molecule has 1 N–H and O–H groups in total. The fourth-order valence-electron chi connectivity index (χ4n) is 3.53. The highest BCUT2D eigenvalue weighted by molar-refractivity contribution is 5.69. The fourth-order valence-corrected chi connectivity index (χ4v) is 3.53. The van der Waals surface area contributed by atoms with Gasteiger partial charge in [0.05, 0.1) is 12.6 Å². The van der Waals surface area contributed by atoms with Crippen molar-refractivity contribution >= 4 is 5.97 Å². The molecule has 0 aromatic carbocycles. The number of nitrogens with zero attached hydrogens (tertiary/aromatic N) is 1. The van der Waals surface area contributed by atoms with Gasteiger partial charge in [-0.2, -0.15) is 0 Å². The summed E-state index contributed by atoms with van der Waals surface area (Å²) in [6.45, 7) is 2.00. The molecule has 4 heteroatoms. The van der Waals surface area contributed by atoms with Crippen molar-refractivity contribution in [2.45, 2.75) is 38.2 Å². The normalized spacial score (nSPS) is 35.7. The molecule has 1 heterocycles. The third kappa shape index (κ3) is 2.23. The third-order valence-corrected chi connectivity index (χ3v) is 4.15. The Morgan fingerprint density at radius 1 is 1.50 bits per heavy atom. The van der Waals surface area contributed by atoms with Crippen molar-refractivity contribution in [3.63, 3.8) is 0 Å². The monoisotopic (exact) mass is 227 g/mol. The molecule has 0 aromatic rings. The van der Waals surface area contributed by atoms with Crippen molar-refractivity contribution in [1.29, 1.82) is 0 Å². The molecule has 0 unspecified atom stereocenters. The van der Waals surface area contributed by atoms with Gasteiger partial charge in [-0.05, 0) is 32.2 Å². The van der Waals surface area contributed by atoms with Crippen LogP contribution in [0.1, 0.15) is 32.1 Å². The highest BCUT2D eigenvalue weighted by Gasteiger charge is 2.45. The lowest BCUT2D eigenvalue weighted by atomic mass is 9.76. The summed E-state index contributed by atoms with van der Waals surface area (Å²) < 4.78 is 5.58. The Kier molecular flexibility index (Phi) is 3.50. The van der Waals surface area contributed by atoms with Gasteiger partial charge in [0.2, 0.25) is 0 Å². The number of methoxy groups -OCH3 is 1. The second kappa shape index (κ2) is 4.72. The molecule has 0 aromatic heterocycles. The predicted octanol–water partition coefficient (Wildman–Crippen LogP) is 1.35. The number of carbonyl (C=O) groups is 1. The Morgan fingerprint density at radius 3 is 2.94 bits per heavy atom. The van der Waals surface area contributed by atoms with Crippen LogP contribution in [-0.2, 0) is 9.53 Å². The second-order valence-corrected chi connectivity index (χ2v) is 5.19. The van der Waals surface area contributed by atoms with Crippen molar-refractivity contribution in [3.05, 3.63) is 0 Å². The molecule has 0 amide bonds. The molecule has 2 atom stereocenters. The zero-order chi connectivity index (χ0) is 11.6. The lowest BCUT2D eigenvalue weighted by Gasteiger charge is -2.43. The van der Waals surface area contributed by atoms with Crippen LogP contribution in [0.25, 0.3) is 0 Å². The van der Waals surface area contributed by atoms with Crippen LogP contribution >= 0.6 is 0 Å². The zero-order valence-corrected chi connectivity index (χ0v) is 9.95. The van der Waals surface area contributed by atoms with Gasteiger partial charge in [0, 0.05) is 19.1 Å². The number of aliphatic carboxylic acids is 1. The van der Waals surface area contributed by atoms with E-state index in [1.54, 1.807) is 7.11 Å². The summed E-state index contributed by atoms with van der Waals surface area (Å²) in [6.07, 6.45) is 6.19. The number of ether oxygens (including phenoxy) is 1. The van der Waals surface area contributed by atoms with Gasteiger partial charge < -0.3 is 9.84 Å². The van der Waals surface area contributed by atoms with Crippen LogP contribution in [0.3, 0.4) is 0 Å². The van der Waals surface area contributed by atoms with E-state index >= 15 is 0 Å². The number of hydrogen-bond acceptors (Lipinski definition) is 3. The molecule has 0 radical (unpaired) electrons. The third-order valence-electron chi connectivity index (χ3n) is 4.15. The topological polar surface area (TPSA) is 49.8 Å². The van der Waals surface area contributed by atoms with Crippen molar-refractivity contribution in [1.82, 2.24) is 4.90 Å². The number of rotatable bonds is 3. The van der Waals surface area contributed by atoms with Crippen LogP contribution in [0.4, 0.5) is 0 Å². The Labute approximate surface area is 96.6 Å². The van der Waals surface area contributed by atoms with Crippen LogP contribution in [0.5, 0.6) is 0 Å². The van der Waals surface area contributed by atoms with Crippen molar-refractivity contribution < 1.29 is 14.6 Å². The average molecular weight is 227 g/mol. The average Bonchev–Trinajstić information content (AvgIpc) is 2.59. The van der Waals surface area contributed by atoms with Crippen LogP contribution in [0.2, 0.25) is 0 Å². The van der Waals surface area contributed by atoms with E-state index in [2.05, 4.69) is 4.90 Å². The molecule has 16 heavy (non-hydrogen) atoms. The molecule has 1 saturated heterocycles. The second-order valence-electron chi connectivity index (χ2n) is 5.19. The van der Waals surface area contributed by atoms with Gasteiger partial charge in [-0.25, -0.2) is 0 Å². The zero-order valence-electron chi connectivity index (χ0n) is 9.95. The molecular weight excluding hydrogens is 206 g/mol. The summed E-state index contributed by atoms with van der Waals surface area (Å²) in [5.74, 6) is -0.719. The Balaban J connectivity index is 2.02. The first-order valence-electron chi connectivity index (χ1n) is 6.13. The van der Waals surface area contributed by atoms with E-state index in [0.717, 1.165) is 25.9 Å². The minimum Gasteiger partial charge on any atom is -0.480 e. The van der Waals surface area contributed by atoms with Crippen molar-refractivity contribution in [2.24, 2.45) is 5.41 Å². The van der Waals surface area contributed by atoms with Gasteiger partial charge in [0.1, 0.15) is 0 Å². The van der Waals surface area contributed by atoms with E-state index in [9.17, 15) is 4.79 Å². The minimum atomic E-state index is -0.719. The summed E-state index contributed by atoms with van der Waals surface area (Å²) in [6, 6.07) is 0. The molecule has 4 nitrogen and oxygen atoms in total. The van der Waals surface area contributed by atoms with Crippen molar-refractivity contribution in [3.8, 4) is 0 Å². The first kappa shape index (κ1) is 11.9. The number of hydrogen-bond donors (Lipinski definition) is 1. The van der Waals surface area contributed by atoms with Crippen molar-refractivity contribution in [2.75, 3.05) is 26.7 Å². The summed E-state index contributed by atoms with van der Waals surface area (Å²) in [4.78, 5) is 12.8. The molecule has 92 valence electrons. The predicted molar refractivity (Wildman–Crippen MR) is 60.4 cm³/mol. The first-order chi connectivity index (χ1) is 7.66. The highest BCUT2D eigenvalue weighted by atomic mass is 16.5. The molecule has 2 fully saturated rings. The van der Waals surface area contributed by atoms with Gasteiger partial charge in [0.25, 0.3) is 0 Å². The van der Waals surface area contributed by atoms with Crippen LogP contribution in [0.15, 0.2) is 0 Å². The van der Waals surface area contributed by atoms with Gasteiger partial charge in [-0.1, -0.05) is 6.42 Å². The number of carboxylic acids is 1. The fraction of sp³-hybridized carbons (Fsp3) is 0.917. The van der Waals surface area contributed by atoms with E-state index < -0.39 is 5.97 Å². The number of likely N-dealkylation sites (tertiary alicyclic amines) is 1. The van der Waals surface area contributed by atoms with Crippen LogP contribution in [0, 0.1) is 5.41 Å². The maximum Gasteiger partial charge on any atom is 0.317 e. The first-order valence-corrected chi connectivity index (χ1v) is 6.13. The smallest absolute Gasteiger partial charge is 0.317 e. The molecule has 2 aliphatic rings.